The minimum absolute atomic E-state index is 0.0214. The second-order valence-electron chi connectivity index (χ2n) is 3.75. The molecule has 1 N–H and O–H groups in total. The van der Waals surface area contributed by atoms with Gasteiger partial charge in [0.15, 0.2) is 0 Å². The van der Waals surface area contributed by atoms with E-state index in [0.717, 1.165) is 6.42 Å². The Morgan fingerprint density at radius 1 is 1.41 bits per heavy atom. The van der Waals surface area contributed by atoms with Crippen LogP contribution in [0.2, 0.25) is 10.0 Å². The molecule has 0 saturated carbocycles. The minimum atomic E-state index is -0.431. The lowest BCUT2D eigenvalue weighted by Crippen LogP contribution is -2.26. The molecule has 0 radical (unpaired) electrons. The van der Waals surface area contributed by atoms with E-state index in [9.17, 15) is 10.1 Å². The van der Waals surface area contributed by atoms with Crippen LogP contribution in [0.5, 0.6) is 0 Å². The summed E-state index contributed by atoms with van der Waals surface area (Å²) in [6.45, 7) is 2.02. The van der Waals surface area contributed by atoms with Crippen LogP contribution >= 0.6 is 23.2 Å². The van der Waals surface area contributed by atoms with Gasteiger partial charge >= 0.3 is 0 Å². The van der Waals surface area contributed by atoms with Crippen LogP contribution in [0.4, 0.5) is 5.69 Å². The number of likely N-dealkylation sites (N-methyl/N-ethyl adjacent to an activating group) is 1. The van der Waals surface area contributed by atoms with Gasteiger partial charge in [0.1, 0.15) is 0 Å². The van der Waals surface area contributed by atoms with Gasteiger partial charge in [-0.15, -0.1) is 0 Å². The van der Waals surface area contributed by atoms with E-state index in [1.54, 1.807) is 6.07 Å². The van der Waals surface area contributed by atoms with Gasteiger partial charge in [0.25, 0.3) is 5.69 Å². The van der Waals surface area contributed by atoms with Crippen molar-refractivity contribution in [1.82, 2.24) is 5.32 Å². The lowest BCUT2D eigenvalue weighted by atomic mass is 10.0. The van der Waals surface area contributed by atoms with E-state index in [0.29, 0.717) is 17.0 Å². The molecule has 1 rings (SSSR count). The summed E-state index contributed by atoms with van der Waals surface area (Å²) in [5.41, 5.74) is 0.624. The molecule has 6 heteroatoms. The molecule has 1 aromatic rings. The van der Waals surface area contributed by atoms with Crippen molar-refractivity contribution in [3.63, 3.8) is 0 Å². The van der Waals surface area contributed by atoms with Crippen LogP contribution in [0.3, 0.4) is 0 Å². The molecule has 4 nitrogen and oxygen atoms in total. The summed E-state index contributed by atoms with van der Waals surface area (Å²) in [4.78, 5) is 10.5. The molecule has 0 amide bonds. The van der Waals surface area contributed by atoms with Crippen LogP contribution in [0, 0.1) is 10.1 Å². The van der Waals surface area contributed by atoms with E-state index in [-0.39, 0.29) is 16.8 Å². The molecule has 94 valence electrons. The Bertz CT molecular complexity index is 420. The predicted octanol–water partition coefficient (Wildman–Crippen LogP) is 3.44. The Balaban J connectivity index is 3.12. The fourth-order valence-corrected chi connectivity index (χ4v) is 1.97. The van der Waals surface area contributed by atoms with Gasteiger partial charge < -0.3 is 5.32 Å². The van der Waals surface area contributed by atoms with Gasteiger partial charge in [-0.1, -0.05) is 30.1 Å². The Kier molecular flexibility index (Phi) is 5.18. The fraction of sp³-hybridized carbons (Fsp3) is 0.455. The van der Waals surface area contributed by atoms with Gasteiger partial charge in [-0.3, -0.25) is 10.1 Å². The van der Waals surface area contributed by atoms with Crippen LogP contribution in [0.25, 0.3) is 0 Å². The minimum Gasteiger partial charge on any atom is -0.317 e. The first-order valence-corrected chi connectivity index (χ1v) is 6.04. The number of nitro groups is 1. The number of benzene rings is 1. The lowest BCUT2D eigenvalue weighted by Gasteiger charge is -2.14. The third kappa shape index (κ3) is 3.56. The molecular formula is C11H14Cl2N2O2. The predicted molar refractivity (Wildman–Crippen MR) is 70.0 cm³/mol. The molecule has 0 bridgehead atoms. The highest BCUT2D eigenvalue weighted by atomic mass is 35.5. The Labute approximate surface area is 110 Å². The SMILES string of the molecule is CCC(Cc1cc(Cl)c(Cl)cc1[N+](=O)[O-])NC. The summed E-state index contributed by atoms with van der Waals surface area (Å²) in [6.07, 6.45) is 1.44. The molecule has 1 aromatic carbocycles. The highest BCUT2D eigenvalue weighted by molar-refractivity contribution is 6.42. The number of hydrogen-bond donors (Lipinski definition) is 1. The molecule has 0 aromatic heterocycles. The molecular weight excluding hydrogens is 263 g/mol. The smallest absolute Gasteiger partial charge is 0.274 e. The van der Waals surface area contributed by atoms with E-state index >= 15 is 0 Å². The largest absolute Gasteiger partial charge is 0.317 e. The zero-order valence-electron chi connectivity index (χ0n) is 9.67. The number of hydrogen-bond acceptors (Lipinski definition) is 3. The maximum Gasteiger partial charge on any atom is 0.274 e. The Morgan fingerprint density at radius 3 is 2.47 bits per heavy atom. The van der Waals surface area contributed by atoms with Gasteiger partial charge in [0.05, 0.1) is 15.0 Å². The second-order valence-corrected chi connectivity index (χ2v) is 4.56. The monoisotopic (exact) mass is 276 g/mol. The van der Waals surface area contributed by atoms with Crippen LogP contribution in [0.15, 0.2) is 12.1 Å². The summed E-state index contributed by atoms with van der Waals surface area (Å²) in [5.74, 6) is 0. The molecule has 0 saturated heterocycles. The molecule has 1 unspecified atom stereocenters. The van der Waals surface area contributed by atoms with E-state index in [1.165, 1.54) is 6.07 Å². The molecule has 0 aliphatic heterocycles. The van der Waals surface area contributed by atoms with Crippen LogP contribution in [-0.4, -0.2) is 18.0 Å². The molecule has 0 spiro atoms. The second kappa shape index (κ2) is 6.19. The summed E-state index contributed by atoms with van der Waals surface area (Å²) >= 11 is 11.7. The maximum absolute atomic E-state index is 10.9. The molecule has 0 fully saturated rings. The summed E-state index contributed by atoms with van der Waals surface area (Å²) < 4.78 is 0. The van der Waals surface area contributed by atoms with Gasteiger partial charge in [-0.25, -0.2) is 0 Å². The van der Waals surface area contributed by atoms with Crippen LogP contribution < -0.4 is 5.32 Å². The Hall–Kier alpha value is -0.840. The average molecular weight is 277 g/mol. The van der Waals surface area contributed by atoms with Crippen LogP contribution in [-0.2, 0) is 6.42 Å². The molecule has 0 heterocycles. The van der Waals surface area contributed by atoms with Gasteiger partial charge in [-0.2, -0.15) is 0 Å². The number of rotatable bonds is 5. The van der Waals surface area contributed by atoms with E-state index in [2.05, 4.69) is 5.32 Å². The number of halogens is 2. The van der Waals surface area contributed by atoms with Crippen molar-refractivity contribution in [2.45, 2.75) is 25.8 Å². The quantitative estimate of drug-likeness (QED) is 0.662. The topological polar surface area (TPSA) is 55.2 Å². The number of nitrogens with zero attached hydrogens (tertiary/aromatic N) is 1. The molecule has 0 aliphatic rings. The van der Waals surface area contributed by atoms with Crippen molar-refractivity contribution < 1.29 is 4.92 Å². The first-order valence-electron chi connectivity index (χ1n) is 5.29. The first kappa shape index (κ1) is 14.2. The van der Waals surface area contributed by atoms with Gasteiger partial charge in [-0.05, 0) is 26.0 Å². The van der Waals surface area contributed by atoms with Crippen LogP contribution in [0.1, 0.15) is 18.9 Å². The normalized spacial score (nSPS) is 12.5. The van der Waals surface area contributed by atoms with Crippen molar-refractivity contribution in [3.8, 4) is 0 Å². The molecule has 0 aliphatic carbocycles. The zero-order valence-corrected chi connectivity index (χ0v) is 11.2. The van der Waals surface area contributed by atoms with Gasteiger partial charge in [0.2, 0.25) is 0 Å². The van der Waals surface area contributed by atoms with E-state index in [1.807, 2.05) is 14.0 Å². The van der Waals surface area contributed by atoms with Gasteiger partial charge in [0, 0.05) is 17.7 Å². The fourth-order valence-electron chi connectivity index (χ4n) is 1.63. The third-order valence-electron chi connectivity index (χ3n) is 2.69. The number of nitrogens with one attached hydrogen (secondary N) is 1. The average Bonchev–Trinajstić information content (AvgIpc) is 2.29. The van der Waals surface area contributed by atoms with Crippen molar-refractivity contribution in [1.29, 1.82) is 0 Å². The zero-order chi connectivity index (χ0) is 13.0. The van der Waals surface area contributed by atoms with Crippen molar-refractivity contribution in [3.05, 3.63) is 37.9 Å². The standard InChI is InChI=1S/C11H14Cl2N2O2/c1-3-8(14-2)4-7-5-9(12)10(13)6-11(7)15(16)17/h5-6,8,14H,3-4H2,1-2H3. The van der Waals surface area contributed by atoms with E-state index in [4.69, 9.17) is 23.2 Å². The third-order valence-corrected chi connectivity index (χ3v) is 3.41. The summed E-state index contributed by atoms with van der Waals surface area (Å²) in [7, 11) is 1.83. The van der Waals surface area contributed by atoms with E-state index < -0.39 is 4.92 Å². The van der Waals surface area contributed by atoms with Crippen molar-refractivity contribution in [2.24, 2.45) is 0 Å². The summed E-state index contributed by atoms with van der Waals surface area (Å²) in [6, 6.07) is 3.06. The highest BCUT2D eigenvalue weighted by Gasteiger charge is 2.19. The van der Waals surface area contributed by atoms with Crippen molar-refractivity contribution in [2.75, 3.05) is 7.05 Å². The lowest BCUT2D eigenvalue weighted by molar-refractivity contribution is -0.385. The van der Waals surface area contributed by atoms with Crippen molar-refractivity contribution >= 4 is 28.9 Å². The first-order chi connectivity index (χ1) is 7.99. The molecule has 17 heavy (non-hydrogen) atoms. The highest BCUT2D eigenvalue weighted by Crippen LogP contribution is 2.31. The maximum atomic E-state index is 10.9. The number of nitro benzene ring substituents is 1. The molecule has 1 atom stereocenters. The summed E-state index contributed by atoms with van der Waals surface area (Å²) in [5, 5.41) is 14.6. The Morgan fingerprint density at radius 2 is 2.00 bits per heavy atom.